The van der Waals surface area contributed by atoms with E-state index in [2.05, 4.69) is 22.6 Å². The number of hydrogen-bond donors (Lipinski definition) is 1. The van der Waals surface area contributed by atoms with Gasteiger partial charge >= 0.3 is 0 Å². The van der Waals surface area contributed by atoms with Crippen LogP contribution in [-0.2, 0) is 27.2 Å². The molecule has 1 unspecified atom stereocenters. The Hall–Kier alpha value is -3.20. The number of aryl methyl sites for hydroxylation is 3. The number of fused-ring (bicyclic) bond motifs is 1. The van der Waals surface area contributed by atoms with E-state index >= 15 is 0 Å². The van der Waals surface area contributed by atoms with Crippen LogP contribution in [0, 0.1) is 12.8 Å². The summed E-state index contributed by atoms with van der Waals surface area (Å²) in [4.78, 5) is 43.7. The second-order valence-corrected chi connectivity index (χ2v) is 9.18. The first-order valence-corrected chi connectivity index (χ1v) is 11.6. The van der Waals surface area contributed by atoms with E-state index in [1.807, 2.05) is 15.9 Å². The largest absolute Gasteiger partial charge is 0.360 e. The van der Waals surface area contributed by atoms with E-state index < -0.39 is 0 Å². The minimum absolute atomic E-state index is 0.0182. The van der Waals surface area contributed by atoms with E-state index in [1.54, 1.807) is 17.9 Å². The van der Waals surface area contributed by atoms with Crippen molar-refractivity contribution in [3.05, 3.63) is 41.2 Å². The van der Waals surface area contributed by atoms with Crippen molar-refractivity contribution < 1.29 is 18.9 Å². The molecule has 2 fully saturated rings. The lowest BCUT2D eigenvalue weighted by Gasteiger charge is -2.35. The SMILES string of the molecule is Cc1cc(NC(=O)CN2CCN(C(=O)C3CC(=O)N(c4ccc5c(c4)CCC5)C3)CC2)no1. The van der Waals surface area contributed by atoms with Gasteiger partial charge in [0.1, 0.15) is 5.76 Å². The number of benzene rings is 1. The minimum atomic E-state index is -0.309. The van der Waals surface area contributed by atoms with Gasteiger partial charge in [-0.1, -0.05) is 11.2 Å². The van der Waals surface area contributed by atoms with Gasteiger partial charge in [-0.2, -0.15) is 0 Å². The van der Waals surface area contributed by atoms with Gasteiger partial charge in [-0.05, 0) is 49.4 Å². The zero-order valence-electron chi connectivity index (χ0n) is 18.9. The summed E-state index contributed by atoms with van der Waals surface area (Å²) in [5.74, 6) is 0.632. The van der Waals surface area contributed by atoms with E-state index in [4.69, 9.17) is 4.52 Å². The maximum atomic E-state index is 13.1. The molecule has 0 radical (unpaired) electrons. The van der Waals surface area contributed by atoms with Crippen LogP contribution >= 0.6 is 0 Å². The third kappa shape index (κ3) is 4.64. The molecule has 3 amide bonds. The van der Waals surface area contributed by atoms with Crippen LogP contribution in [0.4, 0.5) is 11.5 Å². The van der Waals surface area contributed by atoms with Crippen molar-refractivity contribution in [3.8, 4) is 0 Å². The predicted molar refractivity (Wildman–Crippen MR) is 122 cm³/mol. The molecule has 0 saturated carbocycles. The van der Waals surface area contributed by atoms with Crippen LogP contribution in [0.5, 0.6) is 0 Å². The van der Waals surface area contributed by atoms with E-state index in [-0.39, 0.29) is 36.6 Å². The van der Waals surface area contributed by atoms with Gasteiger partial charge in [0, 0.05) is 50.9 Å². The lowest BCUT2D eigenvalue weighted by Crippen LogP contribution is -2.52. The van der Waals surface area contributed by atoms with Crippen LogP contribution in [0.15, 0.2) is 28.8 Å². The number of anilines is 2. The number of nitrogens with zero attached hydrogens (tertiary/aromatic N) is 4. The van der Waals surface area contributed by atoms with Crippen LogP contribution in [-0.4, -0.2) is 71.9 Å². The molecule has 3 aliphatic rings. The Morgan fingerprint density at radius 3 is 2.67 bits per heavy atom. The maximum absolute atomic E-state index is 13.1. The van der Waals surface area contributed by atoms with E-state index in [0.717, 1.165) is 18.5 Å². The molecule has 174 valence electrons. The monoisotopic (exact) mass is 451 g/mol. The average Bonchev–Trinajstić information content (AvgIpc) is 3.53. The number of carbonyl (C=O) groups excluding carboxylic acids is 3. The number of aromatic nitrogens is 1. The zero-order chi connectivity index (χ0) is 22.9. The average molecular weight is 452 g/mol. The molecule has 9 heteroatoms. The molecule has 9 nitrogen and oxygen atoms in total. The van der Waals surface area contributed by atoms with Gasteiger partial charge in [0.25, 0.3) is 0 Å². The summed E-state index contributed by atoms with van der Waals surface area (Å²) in [6, 6.07) is 7.93. The number of hydrogen-bond acceptors (Lipinski definition) is 6. The molecular weight excluding hydrogens is 422 g/mol. The Morgan fingerprint density at radius 1 is 1.12 bits per heavy atom. The smallest absolute Gasteiger partial charge is 0.239 e. The lowest BCUT2D eigenvalue weighted by atomic mass is 10.1. The van der Waals surface area contributed by atoms with Crippen molar-refractivity contribution in [2.45, 2.75) is 32.6 Å². The van der Waals surface area contributed by atoms with Gasteiger partial charge in [-0.3, -0.25) is 19.3 Å². The molecule has 3 heterocycles. The molecule has 1 aromatic heterocycles. The van der Waals surface area contributed by atoms with Crippen molar-refractivity contribution in [3.63, 3.8) is 0 Å². The fourth-order valence-electron chi connectivity index (χ4n) is 5.04. The normalized spacial score (nSPS) is 20.9. The van der Waals surface area contributed by atoms with Crippen molar-refractivity contribution in [2.24, 2.45) is 5.92 Å². The van der Waals surface area contributed by atoms with E-state index in [1.165, 1.54) is 17.5 Å². The number of rotatable bonds is 5. The third-order valence-corrected chi connectivity index (χ3v) is 6.81. The van der Waals surface area contributed by atoms with Gasteiger partial charge in [-0.25, -0.2) is 0 Å². The molecule has 1 aromatic carbocycles. The lowest BCUT2D eigenvalue weighted by molar-refractivity contribution is -0.137. The van der Waals surface area contributed by atoms with Gasteiger partial charge in [-0.15, -0.1) is 0 Å². The van der Waals surface area contributed by atoms with Crippen LogP contribution in [0.3, 0.4) is 0 Å². The second-order valence-electron chi connectivity index (χ2n) is 9.18. The molecule has 1 atom stereocenters. The Morgan fingerprint density at radius 2 is 1.91 bits per heavy atom. The summed E-state index contributed by atoms with van der Waals surface area (Å²) in [5, 5.41) is 6.49. The highest BCUT2D eigenvalue weighted by Crippen LogP contribution is 2.31. The fraction of sp³-hybridized carbons (Fsp3) is 0.500. The number of carbonyl (C=O) groups is 3. The van der Waals surface area contributed by atoms with Crippen molar-refractivity contribution >= 4 is 29.2 Å². The van der Waals surface area contributed by atoms with Gasteiger partial charge in [0.05, 0.1) is 12.5 Å². The summed E-state index contributed by atoms with van der Waals surface area (Å²) in [5.41, 5.74) is 3.61. The number of piperazine rings is 1. The Kier molecular flexibility index (Phi) is 5.88. The highest BCUT2D eigenvalue weighted by molar-refractivity contribution is 6.00. The van der Waals surface area contributed by atoms with Crippen molar-refractivity contribution in [2.75, 3.05) is 49.5 Å². The number of amides is 3. The quantitative estimate of drug-likeness (QED) is 0.742. The van der Waals surface area contributed by atoms with E-state index in [0.29, 0.717) is 44.3 Å². The molecule has 2 aromatic rings. The first kappa shape index (κ1) is 21.6. The highest BCUT2D eigenvalue weighted by Gasteiger charge is 2.38. The first-order valence-electron chi connectivity index (χ1n) is 11.6. The van der Waals surface area contributed by atoms with Gasteiger partial charge in [0.2, 0.25) is 17.7 Å². The molecule has 5 rings (SSSR count). The standard InChI is InChI=1S/C24H29N5O4/c1-16-11-21(26-33-16)25-22(30)15-27-7-9-28(10-8-27)24(32)19-13-23(31)29(14-19)20-6-5-17-3-2-4-18(17)12-20/h5-6,11-12,19H,2-4,7-10,13-15H2,1H3,(H,25,26,30). The molecule has 2 saturated heterocycles. The van der Waals surface area contributed by atoms with Crippen molar-refractivity contribution in [1.82, 2.24) is 15.0 Å². The van der Waals surface area contributed by atoms with Crippen LogP contribution in [0.1, 0.15) is 29.7 Å². The topological polar surface area (TPSA) is 99.0 Å². The molecule has 33 heavy (non-hydrogen) atoms. The van der Waals surface area contributed by atoms with Gasteiger partial charge < -0.3 is 19.6 Å². The molecule has 2 aliphatic heterocycles. The fourth-order valence-corrected chi connectivity index (χ4v) is 5.04. The third-order valence-electron chi connectivity index (χ3n) is 6.81. The summed E-state index contributed by atoms with van der Waals surface area (Å²) in [6.45, 7) is 4.79. The molecular formula is C24H29N5O4. The van der Waals surface area contributed by atoms with Crippen LogP contribution in [0.25, 0.3) is 0 Å². The summed E-state index contributed by atoms with van der Waals surface area (Å²) < 4.78 is 4.96. The first-order chi connectivity index (χ1) is 16.0. The molecule has 1 aliphatic carbocycles. The number of nitrogens with one attached hydrogen (secondary N) is 1. The zero-order valence-corrected chi connectivity index (χ0v) is 18.9. The second kappa shape index (κ2) is 8.97. The highest BCUT2D eigenvalue weighted by atomic mass is 16.5. The Balaban J connectivity index is 1.12. The van der Waals surface area contributed by atoms with Crippen LogP contribution in [0.2, 0.25) is 0 Å². The Labute approximate surface area is 192 Å². The van der Waals surface area contributed by atoms with E-state index in [9.17, 15) is 14.4 Å². The molecule has 1 N–H and O–H groups in total. The molecule has 0 bridgehead atoms. The predicted octanol–water partition coefficient (Wildman–Crippen LogP) is 1.61. The molecule has 0 spiro atoms. The summed E-state index contributed by atoms with van der Waals surface area (Å²) in [7, 11) is 0. The van der Waals surface area contributed by atoms with Crippen LogP contribution < -0.4 is 10.2 Å². The Bertz CT molecular complexity index is 1070. The maximum Gasteiger partial charge on any atom is 0.239 e. The summed E-state index contributed by atoms with van der Waals surface area (Å²) >= 11 is 0. The minimum Gasteiger partial charge on any atom is -0.360 e. The van der Waals surface area contributed by atoms with Crippen molar-refractivity contribution in [1.29, 1.82) is 0 Å². The summed E-state index contributed by atoms with van der Waals surface area (Å²) in [6.07, 6.45) is 3.60. The van der Waals surface area contributed by atoms with Gasteiger partial charge in [0.15, 0.2) is 5.82 Å².